The highest BCUT2D eigenvalue weighted by Crippen LogP contribution is 2.27. The number of fused-ring (bicyclic) bond motifs is 1. The molecule has 0 aliphatic heterocycles. The molecule has 1 aromatic carbocycles. The van der Waals surface area contributed by atoms with Crippen LogP contribution in [-0.4, -0.2) is 16.6 Å². The molecule has 26 heavy (non-hydrogen) atoms. The number of rotatable bonds is 5. The van der Waals surface area contributed by atoms with Crippen molar-refractivity contribution in [1.29, 1.82) is 5.26 Å². The van der Waals surface area contributed by atoms with Gasteiger partial charge in [0.1, 0.15) is 11.1 Å². The molecule has 0 saturated carbocycles. The van der Waals surface area contributed by atoms with Crippen LogP contribution in [0.25, 0.3) is 0 Å². The maximum atomic E-state index is 12.2. The Hall–Kier alpha value is -2.32. The van der Waals surface area contributed by atoms with Gasteiger partial charge in [0.15, 0.2) is 0 Å². The average Bonchev–Trinajstić information content (AvgIpc) is 2.64. The number of carbonyl (C=O) groups excluding carboxylic acids is 1. The number of carbonyl (C=O) groups is 1. The second-order valence-electron chi connectivity index (χ2n) is 6.73. The highest BCUT2D eigenvalue weighted by Gasteiger charge is 2.16. The van der Waals surface area contributed by atoms with Gasteiger partial charge in [0.05, 0.1) is 5.56 Å². The molecular formula is C21H23N3OS. The molecule has 1 N–H and O–H groups in total. The zero-order valence-electron chi connectivity index (χ0n) is 15.3. The van der Waals surface area contributed by atoms with Crippen LogP contribution in [-0.2, 0) is 17.6 Å². The fourth-order valence-electron chi connectivity index (χ4n) is 3.13. The van der Waals surface area contributed by atoms with Crippen molar-refractivity contribution in [1.82, 2.24) is 4.98 Å². The number of nitriles is 1. The molecule has 0 radical (unpaired) electrons. The largest absolute Gasteiger partial charge is 0.326 e. The fourth-order valence-corrected chi connectivity index (χ4v) is 4.04. The Morgan fingerprint density at radius 3 is 2.88 bits per heavy atom. The van der Waals surface area contributed by atoms with Crippen molar-refractivity contribution in [3.05, 3.63) is 52.2 Å². The smallest absolute Gasteiger partial charge is 0.225 e. The molecule has 2 aromatic rings. The van der Waals surface area contributed by atoms with Gasteiger partial charge in [0, 0.05) is 23.6 Å². The van der Waals surface area contributed by atoms with Crippen molar-refractivity contribution >= 4 is 23.4 Å². The van der Waals surface area contributed by atoms with Crippen LogP contribution in [0.1, 0.15) is 47.2 Å². The number of benzene rings is 1. The molecule has 3 rings (SSSR count). The molecule has 1 heterocycles. The molecule has 1 aromatic heterocycles. The molecule has 5 heteroatoms. The summed E-state index contributed by atoms with van der Waals surface area (Å²) < 4.78 is 0. The first-order valence-corrected chi connectivity index (χ1v) is 9.98. The molecule has 0 saturated heterocycles. The van der Waals surface area contributed by atoms with Crippen LogP contribution in [0, 0.1) is 25.2 Å². The number of anilines is 1. The normalized spacial score (nSPS) is 13.0. The van der Waals surface area contributed by atoms with Gasteiger partial charge in [0.2, 0.25) is 5.91 Å². The van der Waals surface area contributed by atoms with Crippen LogP contribution in [0.4, 0.5) is 5.69 Å². The molecule has 0 bridgehead atoms. The molecule has 134 valence electrons. The van der Waals surface area contributed by atoms with Crippen LogP contribution in [0.3, 0.4) is 0 Å². The third kappa shape index (κ3) is 4.44. The summed E-state index contributed by atoms with van der Waals surface area (Å²) in [6.07, 6.45) is 4.72. The van der Waals surface area contributed by atoms with Gasteiger partial charge in [-0.3, -0.25) is 4.79 Å². The summed E-state index contributed by atoms with van der Waals surface area (Å²) in [4.78, 5) is 16.9. The highest BCUT2D eigenvalue weighted by molar-refractivity contribution is 7.99. The molecule has 4 nitrogen and oxygen atoms in total. The van der Waals surface area contributed by atoms with Crippen LogP contribution in [0.15, 0.2) is 29.3 Å². The van der Waals surface area contributed by atoms with Gasteiger partial charge in [-0.25, -0.2) is 4.98 Å². The lowest BCUT2D eigenvalue weighted by Crippen LogP contribution is -2.13. The van der Waals surface area contributed by atoms with E-state index in [2.05, 4.69) is 11.4 Å². The molecule has 0 fully saturated rings. The minimum atomic E-state index is -0.0114. The molecule has 0 unspecified atom stereocenters. The summed E-state index contributed by atoms with van der Waals surface area (Å²) in [5, 5.41) is 13.1. The molecule has 0 spiro atoms. The number of pyridine rings is 1. The number of thioether (sulfide) groups is 1. The number of amides is 1. The fraction of sp³-hybridized carbons (Fsp3) is 0.381. The van der Waals surface area contributed by atoms with E-state index in [0.29, 0.717) is 17.7 Å². The van der Waals surface area contributed by atoms with Crippen LogP contribution >= 0.6 is 11.8 Å². The SMILES string of the molecule is Cc1ccc(C)c(NC(=O)CCSc2nc3c(cc2C#N)CCCC3)c1. The van der Waals surface area contributed by atoms with Gasteiger partial charge in [-0.15, -0.1) is 11.8 Å². The van der Waals surface area contributed by atoms with Gasteiger partial charge in [0.25, 0.3) is 0 Å². The van der Waals surface area contributed by atoms with Crippen molar-refractivity contribution in [2.75, 3.05) is 11.1 Å². The summed E-state index contributed by atoms with van der Waals surface area (Å²) >= 11 is 1.50. The van der Waals surface area contributed by atoms with Crippen molar-refractivity contribution in [2.45, 2.75) is 51.0 Å². The van der Waals surface area contributed by atoms with E-state index < -0.39 is 0 Å². The van der Waals surface area contributed by atoms with Crippen LogP contribution in [0.5, 0.6) is 0 Å². The first-order valence-electron chi connectivity index (χ1n) is 8.99. The van der Waals surface area contributed by atoms with E-state index in [-0.39, 0.29) is 5.91 Å². The van der Waals surface area contributed by atoms with E-state index in [1.165, 1.54) is 23.7 Å². The van der Waals surface area contributed by atoms with Crippen molar-refractivity contribution in [3.8, 4) is 6.07 Å². The quantitative estimate of drug-likeness (QED) is 0.788. The predicted molar refractivity (Wildman–Crippen MR) is 105 cm³/mol. The zero-order chi connectivity index (χ0) is 18.5. The van der Waals surface area contributed by atoms with E-state index in [0.717, 1.165) is 46.8 Å². The Balaban J connectivity index is 1.60. The molecule has 1 aliphatic rings. The van der Waals surface area contributed by atoms with E-state index in [4.69, 9.17) is 4.98 Å². The second kappa shape index (κ2) is 8.37. The average molecular weight is 366 g/mol. The van der Waals surface area contributed by atoms with Crippen LogP contribution in [0.2, 0.25) is 0 Å². The summed E-state index contributed by atoms with van der Waals surface area (Å²) in [7, 11) is 0. The number of nitrogens with zero attached hydrogens (tertiary/aromatic N) is 2. The first kappa shape index (κ1) is 18.5. The molecule has 1 aliphatic carbocycles. The Morgan fingerprint density at radius 2 is 2.08 bits per heavy atom. The maximum Gasteiger partial charge on any atom is 0.225 e. The van der Waals surface area contributed by atoms with Gasteiger partial charge in [-0.2, -0.15) is 5.26 Å². The zero-order valence-corrected chi connectivity index (χ0v) is 16.1. The summed E-state index contributed by atoms with van der Waals surface area (Å²) in [6, 6.07) is 10.3. The third-order valence-electron chi connectivity index (χ3n) is 4.62. The maximum absolute atomic E-state index is 12.2. The lowest BCUT2D eigenvalue weighted by atomic mass is 9.95. The summed E-state index contributed by atoms with van der Waals surface area (Å²) in [5.41, 5.74) is 6.01. The highest BCUT2D eigenvalue weighted by atomic mass is 32.2. The number of hydrogen-bond donors (Lipinski definition) is 1. The Labute approximate surface area is 159 Å². The summed E-state index contributed by atoms with van der Waals surface area (Å²) in [5.74, 6) is 0.597. The van der Waals surface area contributed by atoms with Crippen molar-refractivity contribution in [2.24, 2.45) is 0 Å². The summed E-state index contributed by atoms with van der Waals surface area (Å²) in [6.45, 7) is 4.00. The van der Waals surface area contributed by atoms with E-state index in [1.54, 1.807) is 0 Å². The van der Waals surface area contributed by atoms with Crippen molar-refractivity contribution < 1.29 is 4.79 Å². The Bertz CT molecular complexity index is 870. The third-order valence-corrected chi connectivity index (χ3v) is 5.61. The lowest BCUT2D eigenvalue weighted by molar-refractivity contribution is -0.115. The standard InChI is InChI=1S/C21H23N3OS/c1-14-7-8-15(2)19(11-14)23-20(25)9-10-26-21-17(13-22)12-16-5-3-4-6-18(16)24-21/h7-8,11-12H,3-6,9-10H2,1-2H3,(H,23,25). The number of aryl methyl sites for hydroxylation is 4. The number of hydrogen-bond acceptors (Lipinski definition) is 4. The van der Waals surface area contributed by atoms with E-state index >= 15 is 0 Å². The molecule has 0 atom stereocenters. The van der Waals surface area contributed by atoms with Gasteiger partial charge >= 0.3 is 0 Å². The minimum absolute atomic E-state index is 0.0114. The van der Waals surface area contributed by atoms with Crippen molar-refractivity contribution in [3.63, 3.8) is 0 Å². The van der Waals surface area contributed by atoms with E-state index in [1.807, 2.05) is 38.1 Å². The number of aromatic nitrogens is 1. The Kier molecular flexibility index (Phi) is 5.95. The van der Waals surface area contributed by atoms with Gasteiger partial charge in [-0.1, -0.05) is 12.1 Å². The van der Waals surface area contributed by atoms with Gasteiger partial charge in [-0.05, 0) is 68.4 Å². The molecular weight excluding hydrogens is 342 g/mol. The Morgan fingerprint density at radius 1 is 1.27 bits per heavy atom. The first-order chi connectivity index (χ1) is 12.6. The predicted octanol–water partition coefficient (Wildman–Crippen LogP) is 4.57. The molecule has 1 amide bonds. The second-order valence-corrected chi connectivity index (χ2v) is 7.81. The van der Waals surface area contributed by atoms with Crippen LogP contribution < -0.4 is 5.32 Å². The monoisotopic (exact) mass is 365 g/mol. The minimum Gasteiger partial charge on any atom is -0.326 e. The number of nitrogens with one attached hydrogen (secondary N) is 1. The van der Waals surface area contributed by atoms with Gasteiger partial charge < -0.3 is 5.32 Å². The topological polar surface area (TPSA) is 65.8 Å². The van der Waals surface area contributed by atoms with E-state index in [9.17, 15) is 10.1 Å². The lowest BCUT2D eigenvalue weighted by Gasteiger charge is -2.16.